The number of carbonyl (C=O) groups excluding carboxylic acids is 1. The molecule has 0 heterocycles. The van der Waals surface area contributed by atoms with Crippen molar-refractivity contribution in [2.45, 2.75) is 19.4 Å². The minimum atomic E-state index is -0.0303. The fraction of sp³-hybridized carbons (Fsp3) is 0.235. The van der Waals surface area contributed by atoms with Gasteiger partial charge in [-0.3, -0.25) is 4.79 Å². The summed E-state index contributed by atoms with van der Waals surface area (Å²) in [5.74, 6) is 0.0491. The second kappa shape index (κ2) is 6.64. The predicted molar refractivity (Wildman–Crippen MR) is 87.2 cm³/mol. The summed E-state index contributed by atoms with van der Waals surface area (Å²) in [4.78, 5) is 14.1. The van der Waals surface area contributed by atoms with Gasteiger partial charge < -0.3 is 10.6 Å². The van der Waals surface area contributed by atoms with E-state index in [-0.39, 0.29) is 11.9 Å². The summed E-state index contributed by atoms with van der Waals surface area (Å²) < 4.78 is 0. The van der Waals surface area contributed by atoms with E-state index >= 15 is 0 Å². The van der Waals surface area contributed by atoms with Gasteiger partial charge in [0.15, 0.2) is 0 Å². The number of nitrogens with two attached hydrogens (primary N) is 1. The summed E-state index contributed by atoms with van der Waals surface area (Å²) in [6.07, 6.45) is 0.340. The summed E-state index contributed by atoms with van der Waals surface area (Å²) in [5.41, 5.74) is 8.35. The Morgan fingerprint density at radius 2 is 1.95 bits per heavy atom. The number of likely N-dealkylation sites (N-methyl/N-ethyl adjacent to an activating group) is 1. The molecule has 2 rings (SSSR count). The third-order valence-electron chi connectivity index (χ3n) is 3.61. The molecule has 0 saturated carbocycles. The SMILES string of the molecule is CC(c1cccc(Cl)c1)N(C)C(=O)Cc1cccc(N)c1. The number of nitrogens with zero attached hydrogens (tertiary/aromatic N) is 1. The molecule has 0 aliphatic carbocycles. The molecule has 2 aromatic rings. The van der Waals surface area contributed by atoms with Crippen molar-refractivity contribution in [1.82, 2.24) is 4.90 Å². The van der Waals surface area contributed by atoms with Crippen molar-refractivity contribution in [3.05, 3.63) is 64.7 Å². The van der Waals surface area contributed by atoms with Crippen LogP contribution in [0.1, 0.15) is 24.1 Å². The van der Waals surface area contributed by atoms with Gasteiger partial charge in [0.2, 0.25) is 5.91 Å². The number of benzene rings is 2. The Morgan fingerprint density at radius 1 is 1.24 bits per heavy atom. The van der Waals surface area contributed by atoms with E-state index in [2.05, 4.69) is 0 Å². The molecule has 1 atom stereocenters. The van der Waals surface area contributed by atoms with Gasteiger partial charge in [0, 0.05) is 17.8 Å². The zero-order valence-corrected chi connectivity index (χ0v) is 13.0. The molecule has 0 fully saturated rings. The molecule has 1 amide bonds. The first kappa shape index (κ1) is 15.4. The monoisotopic (exact) mass is 302 g/mol. The fourth-order valence-electron chi connectivity index (χ4n) is 2.21. The normalized spacial score (nSPS) is 12.0. The Bertz CT molecular complexity index is 642. The lowest BCUT2D eigenvalue weighted by Crippen LogP contribution is -2.31. The smallest absolute Gasteiger partial charge is 0.227 e. The molecule has 4 heteroatoms. The van der Waals surface area contributed by atoms with Crippen LogP contribution in [-0.4, -0.2) is 17.9 Å². The van der Waals surface area contributed by atoms with Crippen molar-refractivity contribution >= 4 is 23.2 Å². The van der Waals surface area contributed by atoms with Crippen LogP contribution in [0.3, 0.4) is 0 Å². The van der Waals surface area contributed by atoms with E-state index in [1.165, 1.54) is 0 Å². The fourth-order valence-corrected chi connectivity index (χ4v) is 2.41. The van der Waals surface area contributed by atoms with Gasteiger partial charge in [0.25, 0.3) is 0 Å². The first-order chi connectivity index (χ1) is 9.97. The van der Waals surface area contributed by atoms with Crippen molar-refractivity contribution in [3.63, 3.8) is 0 Å². The highest BCUT2D eigenvalue weighted by molar-refractivity contribution is 6.30. The van der Waals surface area contributed by atoms with E-state index in [1.807, 2.05) is 55.5 Å². The maximum Gasteiger partial charge on any atom is 0.227 e. The molecule has 3 nitrogen and oxygen atoms in total. The highest BCUT2D eigenvalue weighted by atomic mass is 35.5. The summed E-state index contributed by atoms with van der Waals surface area (Å²) >= 11 is 6.00. The number of hydrogen-bond acceptors (Lipinski definition) is 2. The molecule has 2 aromatic carbocycles. The first-order valence-electron chi connectivity index (χ1n) is 6.83. The van der Waals surface area contributed by atoms with Crippen LogP contribution in [0.15, 0.2) is 48.5 Å². The van der Waals surface area contributed by atoms with Crippen LogP contribution in [0.2, 0.25) is 5.02 Å². The maximum absolute atomic E-state index is 12.4. The van der Waals surface area contributed by atoms with Crippen LogP contribution in [0.5, 0.6) is 0 Å². The lowest BCUT2D eigenvalue weighted by Gasteiger charge is -2.25. The molecule has 0 spiro atoms. The quantitative estimate of drug-likeness (QED) is 0.876. The average Bonchev–Trinajstić information content (AvgIpc) is 2.45. The minimum absolute atomic E-state index is 0.0303. The zero-order chi connectivity index (χ0) is 15.4. The molecule has 0 bridgehead atoms. The minimum Gasteiger partial charge on any atom is -0.399 e. The number of anilines is 1. The number of carbonyl (C=O) groups is 1. The Hall–Kier alpha value is -2.00. The molecule has 2 N–H and O–H groups in total. The Balaban J connectivity index is 2.08. The molecule has 0 aliphatic rings. The van der Waals surface area contributed by atoms with Gasteiger partial charge >= 0.3 is 0 Å². The van der Waals surface area contributed by atoms with Crippen molar-refractivity contribution in [2.24, 2.45) is 0 Å². The zero-order valence-electron chi connectivity index (χ0n) is 12.2. The lowest BCUT2D eigenvalue weighted by atomic mass is 10.1. The molecule has 0 aromatic heterocycles. The maximum atomic E-state index is 12.4. The third kappa shape index (κ3) is 3.99. The van der Waals surface area contributed by atoms with Crippen LogP contribution in [0, 0.1) is 0 Å². The summed E-state index contributed by atoms with van der Waals surface area (Å²) in [6, 6.07) is 15.0. The first-order valence-corrected chi connectivity index (χ1v) is 7.20. The van der Waals surface area contributed by atoms with Crippen LogP contribution in [0.4, 0.5) is 5.69 Å². The van der Waals surface area contributed by atoms with Crippen molar-refractivity contribution < 1.29 is 4.79 Å². The number of halogens is 1. The molecule has 21 heavy (non-hydrogen) atoms. The van der Waals surface area contributed by atoms with Crippen molar-refractivity contribution in [2.75, 3.05) is 12.8 Å². The lowest BCUT2D eigenvalue weighted by molar-refractivity contribution is -0.131. The highest BCUT2D eigenvalue weighted by Crippen LogP contribution is 2.22. The van der Waals surface area contributed by atoms with Gasteiger partial charge in [0.1, 0.15) is 0 Å². The van der Waals surface area contributed by atoms with Gasteiger partial charge in [-0.1, -0.05) is 35.9 Å². The Morgan fingerprint density at radius 3 is 2.62 bits per heavy atom. The highest BCUT2D eigenvalue weighted by Gasteiger charge is 2.17. The summed E-state index contributed by atoms with van der Waals surface area (Å²) in [7, 11) is 1.81. The summed E-state index contributed by atoms with van der Waals surface area (Å²) in [6.45, 7) is 1.99. The largest absolute Gasteiger partial charge is 0.399 e. The van der Waals surface area contributed by atoms with Crippen LogP contribution >= 0.6 is 11.6 Å². The molecule has 1 unspecified atom stereocenters. The summed E-state index contributed by atoms with van der Waals surface area (Å²) in [5, 5.41) is 0.677. The average molecular weight is 303 g/mol. The van der Waals surface area contributed by atoms with Crippen LogP contribution < -0.4 is 5.73 Å². The standard InChI is InChI=1S/C17H19ClN2O/c1-12(14-6-4-7-15(18)11-14)20(2)17(21)10-13-5-3-8-16(19)9-13/h3-9,11-12H,10,19H2,1-2H3. The second-order valence-corrected chi connectivity index (χ2v) is 5.59. The molecule has 110 valence electrons. The van der Waals surface area contributed by atoms with Crippen LogP contribution in [-0.2, 0) is 11.2 Å². The van der Waals surface area contributed by atoms with E-state index < -0.39 is 0 Å². The van der Waals surface area contributed by atoms with E-state index in [0.717, 1.165) is 11.1 Å². The molecular weight excluding hydrogens is 284 g/mol. The van der Waals surface area contributed by atoms with Gasteiger partial charge in [0.05, 0.1) is 12.5 Å². The van der Waals surface area contributed by atoms with E-state index in [0.29, 0.717) is 17.1 Å². The van der Waals surface area contributed by atoms with Gasteiger partial charge in [-0.2, -0.15) is 0 Å². The molecular formula is C17H19ClN2O. The van der Waals surface area contributed by atoms with Crippen molar-refractivity contribution in [1.29, 1.82) is 0 Å². The molecule has 0 saturated heterocycles. The number of rotatable bonds is 4. The van der Waals surface area contributed by atoms with Crippen molar-refractivity contribution in [3.8, 4) is 0 Å². The molecule has 0 aliphatic heterocycles. The predicted octanol–water partition coefficient (Wildman–Crippen LogP) is 3.68. The Kier molecular flexibility index (Phi) is 4.86. The Labute approximate surface area is 130 Å². The van der Waals surface area contributed by atoms with E-state index in [9.17, 15) is 4.79 Å². The second-order valence-electron chi connectivity index (χ2n) is 5.16. The number of hydrogen-bond donors (Lipinski definition) is 1. The van der Waals surface area contributed by atoms with E-state index in [4.69, 9.17) is 17.3 Å². The van der Waals surface area contributed by atoms with E-state index in [1.54, 1.807) is 11.9 Å². The van der Waals surface area contributed by atoms with Gasteiger partial charge in [-0.05, 0) is 42.3 Å². The van der Waals surface area contributed by atoms with Gasteiger partial charge in [-0.25, -0.2) is 0 Å². The topological polar surface area (TPSA) is 46.3 Å². The number of amides is 1. The van der Waals surface area contributed by atoms with Gasteiger partial charge in [-0.15, -0.1) is 0 Å². The van der Waals surface area contributed by atoms with Crippen LogP contribution in [0.25, 0.3) is 0 Å². The third-order valence-corrected chi connectivity index (χ3v) is 3.85. The molecule has 0 radical (unpaired) electrons. The number of nitrogen functional groups attached to an aromatic ring is 1.